The highest BCUT2D eigenvalue weighted by atomic mass is 32.1. The molecule has 1 aromatic heterocycles. The summed E-state index contributed by atoms with van der Waals surface area (Å²) in [6, 6.07) is 1.91. The van der Waals surface area contributed by atoms with Crippen LogP contribution in [0.15, 0.2) is 6.07 Å². The molecule has 2 aliphatic rings. The number of rotatable bonds is 5. The van der Waals surface area contributed by atoms with Crippen molar-refractivity contribution in [2.75, 3.05) is 39.4 Å². The van der Waals surface area contributed by atoms with E-state index in [0.717, 1.165) is 28.2 Å². The van der Waals surface area contributed by atoms with E-state index in [-0.39, 0.29) is 36.4 Å². The molecule has 1 atom stereocenters. The quantitative estimate of drug-likeness (QED) is 0.722. The normalized spacial score (nSPS) is 20.6. The molecular weight excluding hydrogens is 364 g/mol. The van der Waals surface area contributed by atoms with Gasteiger partial charge in [-0.2, -0.15) is 0 Å². The van der Waals surface area contributed by atoms with Gasteiger partial charge in [-0.15, -0.1) is 11.3 Å². The highest BCUT2D eigenvalue weighted by Gasteiger charge is 2.31. The molecule has 148 valence electrons. The van der Waals surface area contributed by atoms with Crippen molar-refractivity contribution in [1.82, 2.24) is 9.80 Å². The molecule has 0 saturated carbocycles. The number of hydrogen-bond donors (Lipinski definition) is 0. The number of likely N-dealkylation sites (tertiary alicyclic amines) is 1. The first kappa shape index (κ1) is 20.0. The molecule has 2 aliphatic heterocycles. The minimum Gasteiger partial charge on any atom is -0.378 e. The van der Waals surface area contributed by atoms with Crippen LogP contribution in [0.4, 0.5) is 0 Å². The van der Waals surface area contributed by atoms with Gasteiger partial charge < -0.3 is 14.5 Å². The summed E-state index contributed by atoms with van der Waals surface area (Å²) < 4.78 is 5.31. The summed E-state index contributed by atoms with van der Waals surface area (Å²) in [6.07, 6.45) is 2.11. The molecule has 1 unspecified atom stereocenters. The van der Waals surface area contributed by atoms with Crippen molar-refractivity contribution in [1.29, 1.82) is 0 Å². The molecule has 0 aliphatic carbocycles. The predicted molar refractivity (Wildman–Crippen MR) is 104 cm³/mol. The van der Waals surface area contributed by atoms with Crippen molar-refractivity contribution in [2.45, 2.75) is 39.5 Å². The number of thiophene rings is 1. The molecule has 2 fully saturated rings. The number of hydrogen-bond acceptors (Lipinski definition) is 5. The second-order valence-electron chi connectivity index (χ2n) is 7.37. The van der Waals surface area contributed by atoms with E-state index in [4.69, 9.17) is 4.74 Å². The summed E-state index contributed by atoms with van der Waals surface area (Å²) in [7, 11) is 0. The van der Waals surface area contributed by atoms with Gasteiger partial charge in [0.25, 0.3) is 0 Å². The Morgan fingerprint density at radius 3 is 2.52 bits per heavy atom. The number of aryl methyl sites for hydroxylation is 2. The summed E-state index contributed by atoms with van der Waals surface area (Å²) >= 11 is 1.61. The van der Waals surface area contributed by atoms with Crippen LogP contribution >= 0.6 is 11.3 Å². The average Bonchev–Trinajstić information content (AvgIpc) is 3.04. The van der Waals surface area contributed by atoms with Crippen LogP contribution in [-0.2, 0) is 14.3 Å². The third-order valence-corrected chi connectivity index (χ3v) is 6.32. The van der Waals surface area contributed by atoms with Crippen molar-refractivity contribution in [2.24, 2.45) is 5.92 Å². The summed E-state index contributed by atoms with van der Waals surface area (Å²) in [4.78, 5) is 43.5. The molecule has 0 radical (unpaired) electrons. The molecule has 2 amide bonds. The Morgan fingerprint density at radius 1 is 1.11 bits per heavy atom. The molecule has 3 heterocycles. The van der Waals surface area contributed by atoms with Crippen molar-refractivity contribution >= 4 is 28.9 Å². The lowest BCUT2D eigenvalue weighted by Gasteiger charge is -2.36. The first-order valence-corrected chi connectivity index (χ1v) is 10.5. The Hall–Kier alpha value is -1.73. The third-order valence-electron chi connectivity index (χ3n) is 5.35. The maximum Gasteiger partial charge on any atom is 0.227 e. The van der Waals surface area contributed by atoms with Crippen LogP contribution in [-0.4, -0.2) is 66.8 Å². The van der Waals surface area contributed by atoms with Crippen LogP contribution in [0.25, 0.3) is 0 Å². The van der Waals surface area contributed by atoms with Gasteiger partial charge in [0.2, 0.25) is 11.8 Å². The molecular formula is C20H28N2O4S. The number of piperidine rings is 1. The molecule has 0 aromatic carbocycles. The summed E-state index contributed by atoms with van der Waals surface area (Å²) in [5.41, 5.74) is 0.740. The van der Waals surface area contributed by atoms with Crippen LogP contribution in [0.5, 0.6) is 0 Å². The molecule has 1 aromatic rings. The second kappa shape index (κ2) is 8.97. The van der Waals surface area contributed by atoms with E-state index < -0.39 is 0 Å². The molecule has 0 spiro atoms. The topological polar surface area (TPSA) is 66.9 Å². The number of nitrogens with zero attached hydrogens (tertiary/aromatic N) is 2. The number of carbonyl (C=O) groups excluding carboxylic acids is 3. The lowest BCUT2D eigenvalue weighted by Crippen LogP contribution is -2.49. The monoisotopic (exact) mass is 392 g/mol. The Morgan fingerprint density at radius 2 is 1.85 bits per heavy atom. The number of amides is 2. The summed E-state index contributed by atoms with van der Waals surface area (Å²) in [6.45, 7) is 7.53. The maximum atomic E-state index is 12.7. The molecule has 27 heavy (non-hydrogen) atoms. The Balaban J connectivity index is 1.51. The first-order valence-electron chi connectivity index (χ1n) is 9.70. The summed E-state index contributed by atoms with van der Waals surface area (Å²) in [5, 5.41) is 0. The Bertz CT molecular complexity index is 709. The first-order chi connectivity index (χ1) is 13.0. The number of ketones is 1. The van der Waals surface area contributed by atoms with Gasteiger partial charge in [0.15, 0.2) is 5.78 Å². The van der Waals surface area contributed by atoms with Gasteiger partial charge in [0.05, 0.1) is 19.1 Å². The van der Waals surface area contributed by atoms with Gasteiger partial charge >= 0.3 is 0 Å². The standard InChI is InChI=1S/C20H28N2O4S/c1-14-12-17(15(2)27-14)18(23)5-6-19(24)22-7-3-4-16(13-22)20(25)21-8-10-26-11-9-21/h12,16H,3-11,13H2,1-2H3. The molecule has 0 N–H and O–H groups in total. The van der Waals surface area contributed by atoms with Gasteiger partial charge in [-0.05, 0) is 32.8 Å². The third kappa shape index (κ3) is 4.96. The molecule has 3 rings (SSSR count). The Labute approximate surface area is 164 Å². The number of Topliss-reactive ketones (excluding diaryl/α,β-unsaturated/α-hetero) is 1. The number of carbonyl (C=O) groups is 3. The van der Waals surface area contributed by atoms with Crippen LogP contribution in [0.3, 0.4) is 0 Å². The van der Waals surface area contributed by atoms with Crippen LogP contribution in [0.1, 0.15) is 45.8 Å². The highest BCUT2D eigenvalue weighted by molar-refractivity contribution is 7.12. The van der Waals surface area contributed by atoms with Gasteiger partial charge in [0, 0.05) is 54.3 Å². The molecule has 7 heteroatoms. The Kier molecular flexibility index (Phi) is 6.65. The zero-order chi connectivity index (χ0) is 19.4. The fourth-order valence-electron chi connectivity index (χ4n) is 3.87. The van der Waals surface area contributed by atoms with E-state index in [1.165, 1.54) is 0 Å². The van der Waals surface area contributed by atoms with Crippen LogP contribution in [0.2, 0.25) is 0 Å². The van der Waals surface area contributed by atoms with Crippen molar-refractivity contribution in [3.8, 4) is 0 Å². The van der Waals surface area contributed by atoms with E-state index in [2.05, 4.69) is 0 Å². The van der Waals surface area contributed by atoms with Crippen LogP contribution in [0, 0.1) is 19.8 Å². The van der Waals surface area contributed by atoms with E-state index >= 15 is 0 Å². The van der Waals surface area contributed by atoms with Gasteiger partial charge in [-0.3, -0.25) is 14.4 Å². The van der Waals surface area contributed by atoms with E-state index in [1.54, 1.807) is 16.2 Å². The second-order valence-corrected chi connectivity index (χ2v) is 8.83. The van der Waals surface area contributed by atoms with Gasteiger partial charge in [-0.25, -0.2) is 0 Å². The molecule has 0 bridgehead atoms. The van der Waals surface area contributed by atoms with Gasteiger partial charge in [-0.1, -0.05) is 0 Å². The average molecular weight is 393 g/mol. The van der Waals surface area contributed by atoms with Crippen molar-refractivity contribution in [3.63, 3.8) is 0 Å². The van der Waals surface area contributed by atoms with E-state index in [1.807, 2.05) is 24.8 Å². The predicted octanol–water partition coefficient (Wildman–Crippen LogP) is 2.43. The van der Waals surface area contributed by atoms with Crippen LogP contribution < -0.4 is 0 Å². The zero-order valence-electron chi connectivity index (χ0n) is 16.2. The maximum absolute atomic E-state index is 12.7. The van der Waals surface area contributed by atoms with Crippen molar-refractivity contribution < 1.29 is 19.1 Å². The summed E-state index contributed by atoms with van der Waals surface area (Å²) in [5.74, 6) is 0.0186. The smallest absolute Gasteiger partial charge is 0.227 e. The van der Waals surface area contributed by atoms with Gasteiger partial charge in [0.1, 0.15) is 0 Å². The fourth-order valence-corrected chi connectivity index (χ4v) is 4.81. The van der Waals surface area contributed by atoms with E-state index in [0.29, 0.717) is 39.4 Å². The SMILES string of the molecule is Cc1cc(C(=O)CCC(=O)N2CCCC(C(=O)N3CCOCC3)C2)c(C)s1. The minimum atomic E-state index is -0.127. The molecule has 6 nitrogen and oxygen atoms in total. The number of morpholine rings is 1. The van der Waals surface area contributed by atoms with Crippen molar-refractivity contribution in [3.05, 3.63) is 21.4 Å². The lowest BCUT2D eigenvalue weighted by molar-refractivity contribution is -0.144. The lowest BCUT2D eigenvalue weighted by atomic mass is 9.95. The zero-order valence-corrected chi connectivity index (χ0v) is 17.0. The molecule has 2 saturated heterocycles. The highest BCUT2D eigenvalue weighted by Crippen LogP contribution is 2.23. The minimum absolute atomic E-state index is 0.0209. The fraction of sp³-hybridized carbons (Fsp3) is 0.650. The largest absolute Gasteiger partial charge is 0.378 e. The van der Waals surface area contributed by atoms with E-state index in [9.17, 15) is 14.4 Å². The number of ether oxygens (including phenoxy) is 1.